The molecule has 0 unspecified atom stereocenters. The first-order chi connectivity index (χ1) is 13.2. The van der Waals surface area contributed by atoms with E-state index in [1.165, 1.54) is 0 Å². The van der Waals surface area contributed by atoms with Gasteiger partial charge in [0.1, 0.15) is 19.6 Å². The van der Waals surface area contributed by atoms with Gasteiger partial charge in [0.15, 0.2) is 0 Å². The van der Waals surface area contributed by atoms with Crippen LogP contribution < -0.4 is 0 Å². The van der Waals surface area contributed by atoms with Crippen molar-refractivity contribution >= 4 is 11.9 Å². The van der Waals surface area contributed by atoms with Crippen molar-refractivity contribution in [3.63, 3.8) is 0 Å². The molecule has 27 heavy (non-hydrogen) atoms. The van der Waals surface area contributed by atoms with Crippen LogP contribution in [0.4, 0.5) is 0 Å². The minimum absolute atomic E-state index is 0.0994. The van der Waals surface area contributed by atoms with Crippen LogP contribution in [0.2, 0.25) is 0 Å². The number of hydrogen-bond donors (Lipinski definition) is 0. The molecule has 160 valence electrons. The van der Waals surface area contributed by atoms with Crippen LogP contribution in [0.3, 0.4) is 0 Å². The van der Waals surface area contributed by atoms with E-state index >= 15 is 0 Å². The average Bonchev–Trinajstić information content (AvgIpc) is 2.65. The second kappa shape index (κ2) is 21.1. The van der Waals surface area contributed by atoms with E-state index in [9.17, 15) is 9.59 Å². The summed E-state index contributed by atoms with van der Waals surface area (Å²) in [6, 6.07) is 0. The number of hydrogen-bond acceptors (Lipinski definition) is 8. The van der Waals surface area contributed by atoms with Crippen molar-refractivity contribution in [2.45, 2.75) is 46.0 Å². The highest BCUT2D eigenvalue weighted by atomic mass is 16.6. The molecule has 0 aliphatic heterocycles. The first kappa shape index (κ1) is 25.8. The largest absolute Gasteiger partial charge is 0.463 e. The van der Waals surface area contributed by atoms with Crippen molar-refractivity contribution in [1.29, 1.82) is 0 Å². The second-order valence-corrected chi connectivity index (χ2v) is 5.77. The molecule has 0 N–H and O–H groups in total. The Labute approximate surface area is 162 Å². The molecule has 8 heteroatoms. The number of rotatable bonds is 20. The van der Waals surface area contributed by atoms with Gasteiger partial charge < -0.3 is 28.4 Å². The molecule has 0 fully saturated rings. The monoisotopic (exact) mass is 392 g/mol. The number of unbranched alkanes of at least 4 members (excludes halogenated alkanes) is 2. The first-order valence-corrected chi connectivity index (χ1v) is 9.82. The van der Waals surface area contributed by atoms with Crippen molar-refractivity contribution in [2.75, 3.05) is 66.1 Å². The normalized spacial score (nSPS) is 10.7. The lowest BCUT2D eigenvalue weighted by Crippen LogP contribution is -2.18. The molecule has 0 atom stereocenters. The molecule has 0 heterocycles. The van der Waals surface area contributed by atoms with Gasteiger partial charge in [-0.25, -0.2) is 0 Å². The Morgan fingerprint density at radius 1 is 0.519 bits per heavy atom. The van der Waals surface area contributed by atoms with Crippen LogP contribution in [0, 0.1) is 0 Å². The molecule has 0 aliphatic carbocycles. The van der Waals surface area contributed by atoms with E-state index in [0.29, 0.717) is 26.4 Å². The summed E-state index contributed by atoms with van der Waals surface area (Å²) < 4.78 is 31.0. The smallest absolute Gasteiger partial charge is 0.317 e. The SMILES string of the molecule is CCCCOCCOCCOC(=O)CC(=O)OCCOCCOCCCC. The maximum absolute atomic E-state index is 11.5. The van der Waals surface area contributed by atoms with E-state index in [1.54, 1.807) is 0 Å². The van der Waals surface area contributed by atoms with Gasteiger partial charge in [-0.05, 0) is 12.8 Å². The topological polar surface area (TPSA) is 89.5 Å². The second-order valence-electron chi connectivity index (χ2n) is 5.77. The molecule has 0 amide bonds. The van der Waals surface area contributed by atoms with Gasteiger partial charge in [0.05, 0.1) is 39.6 Å². The van der Waals surface area contributed by atoms with Crippen molar-refractivity contribution < 1.29 is 38.0 Å². The fraction of sp³-hybridized carbons (Fsp3) is 0.895. The van der Waals surface area contributed by atoms with Gasteiger partial charge in [0, 0.05) is 13.2 Å². The van der Waals surface area contributed by atoms with Crippen LogP contribution in [0.15, 0.2) is 0 Å². The fourth-order valence-electron chi connectivity index (χ4n) is 1.79. The van der Waals surface area contributed by atoms with Crippen LogP contribution >= 0.6 is 0 Å². The molecule has 0 spiro atoms. The molecule has 0 aromatic heterocycles. The van der Waals surface area contributed by atoms with Crippen LogP contribution in [-0.4, -0.2) is 78.0 Å². The molecule has 0 aliphatic rings. The van der Waals surface area contributed by atoms with Crippen LogP contribution in [-0.2, 0) is 38.0 Å². The Morgan fingerprint density at radius 2 is 0.852 bits per heavy atom. The predicted molar refractivity (Wildman–Crippen MR) is 99.6 cm³/mol. The van der Waals surface area contributed by atoms with Gasteiger partial charge >= 0.3 is 11.9 Å². The quantitative estimate of drug-likeness (QED) is 0.177. The molecule has 0 aromatic rings. The number of ether oxygens (including phenoxy) is 6. The molecular formula is C19H36O8. The number of carbonyl (C=O) groups is 2. The van der Waals surface area contributed by atoms with Crippen molar-refractivity contribution in [1.82, 2.24) is 0 Å². The molecule has 0 rings (SSSR count). The van der Waals surface area contributed by atoms with E-state index in [0.717, 1.165) is 38.9 Å². The highest BCUT2D eigenvalue weighted by Gasteiger charge is 2.11. The third kappa shape index (κ3) is 20.9. The zero-order chi connectivity index (χ0) is 20.0. The minimum atomic E-state index is -0.631. The average molecular weight is 392 g/mol. The highest BCUT2D eigenvalue weighted by Crippen LogP contribution is 1.93. The van der Waals surface area contributed by atoms with Crippen molar-refractivity contribution in [3.05, 3.63) is 0 Å². The lowest BCUT2D eigenvalue weighted by molar-refractivity contribution is -0.156. The maximum Gasteiger partial charge on any atom is 0.317 e. The summed E-state index contributed by atoms with van der Waals surface area (Å²) in [5, 5.41) is 0. The summed E-state index contributed by atoms with van der Waals surface area (Å²) in [6.07, 6.45) is 3.85. The molecule has 8 nitrogen and oxygen atoms in total. The summed E-state index contributed by atoms with van der Waals surface area (Å²) in [7, 11) is 0. The van der Waals surface area contributed by atoms with E-state index < -0.39 is 18.4 Å². The number of esters is 2. The lowest BCUT2D eigenvalue weighted by Gasteiger charge is -2.08. The molecule has 0 radical (unpaired) electrons. The van der Waals surface area contributed by atoms with Crippen molar-refractivity contribution in [3.8, 4) is 0 Å². The highest BCUT2D eigenvalue weighted by molar-refractivity contribution is 5.91. The van der Waals surface area contributed by atoms with E-state index in [1.807, 2.05) is 0 Å². The first-order valence-electron chi connectivity index (χ1n) is 9.82. The van der Waals surface area contributed by atoms with Gasteiger partial charge in [-0.2, -0.15) is 0 Å². The zero-order valence-corrected chi connectivity index (χ0v) is 16.9. The van der Waals surface area contributed by atoms with Gasteiger partial charge in [-0.1, -0.05) is 26.7 Å². The third-order valence-electron chi connectivity index (χ3n) is 3.30. The van der Waals surface area contributed by atoms with E-state index in [-0.39, 0.29) is 26.4 Å². The van der Waals surface area contributed by atoms with Gasteiger partial charge in [-0.15, -0.1) is 0 Å². The predicted octanol–water partition coefficient (Wildman–Crippen LogP) is 2.13. The summed E-state index contributed by atoms with van der Waals surface area (Å²) in [4.78, 5) is 22.9. The Morgan fingerprint density at radius 3 is 1.22 bits per heavy atom. The van der Waals surface area contributed by atoms with E-state index in [2.05, 4.69) is 13.8 Å². The van der Waals surface area contributed by atoms with Gasteiger partial charge in [0.2, 0.25) is 0 Å². The molecule has 0 aromatic carbocycles. The summed E-state index contributed by atoms with van der Waals surface area (Å²) in [5.74, 6) is -1.26. The lowest BCUT2D eigenvalue weighted by atomic mass is 10.4. The zero-order valence-electron chi connectivity index (χ0n) is 16.9. The summed E-state index contributed by atoms with van der Waals surface area (Å²) >= 11 is 0. The van der Waals surface area contributed by atoms with E-state index in [4.69, 9.17) is 28.4 Å². The Balaban J connectivity index is 3.33. The maximum atomic E-state index is 11.5. The van der Waals surface area contributed by atoms with Crippen molar-refractivity contribution in [2.24, 2.45) is 0 Å². The van der Waals surface area contributed by atoms with Crippen LogP contribution in [0.25, 0.3) is 0 Å². The van der Waals surface area contributed by atoms with Crippen LogP contribution in [0.1, 0.15) is 46.0 Å². The molecule has 0 saturated carbocycles. The summed E-state index contributed by atoms with van der Waals surface area (Å²) in [6.45, 7) is 8.35. The third-order valence-corrected chi connectivity index (χ3v) is 3.30. The molecular weight excluding hydrogens is 356 g/mol. The standard InChI is InChI=1S/C19H36O8/c1-3-5-7-22-9-11-24-13-15-26-18(20)17-19(21)27-16-14-25-12-10-23-8-6-4-2/h3-17H2,1-2H3. The van der Waals surface area contributed by atoms with Gasteiger partial charge in [0.25, 0.3) is 0 Å². The minimum Gasteiger partial charge on any atom is -0.463 e. The fourth-order valence-corrected chi connectivity index (χ4v) is 1.79. The summed E-state index contributed by atoms with van der Waals surface area (Å²) in [5.41, 5.74) is 0. The molecule has 0 bridgehead atoms. The van der Waals surface area contributed by atoms with Crippen LogP contribution in [0.5, 0.6) is 0 Å². The number of carbonyl (C=O) groups excluding carboxylic acids is 2. The molecule has 0 saturated heterocycles. The van der Waals surface area contributed by atoms with Gasteiger partial charge in [-0.3, -0.25) is 9.59 Å². The Kier molecular flexibility index (Phi) is 20.1. The Hall–Kier alpha value is -1.22. The Bertz CT molecular complexity index is 317.